The standard InChI is InChI=1S/C7H10N2O4/c1-8-3-4(10)9(2)5(6(8)11)7(12)13/h5H,3H2,1-2H3,(H,12,13). The van der Waals surface area contributed by atoms with Crippen LogP contribution in [0, 0.1) is 0 Å². The molecule has 0 aromatic heterocycles. The molecule has 6 heteroatoms. The Morgan fingerprint density at radius 3 is 2.46 bits per heavy atom. The first-order chi connectivity index (χ1) is 5.95. The number of piperazine rings is 1. The number of hydrogen-bond donors (Lipinski definition) is 1. The summed E-state index contributed by atoms with van der Waals surface area (Å²) in [5.74, 6) is -2.23. The summed E-state index contributed by atoms with van der Waals surface area (Å²) in [6, 6.07) is -1.37. The summed E-state index contributed by atoms with van der Waals surface area (Å²) in [5.41, 5.74) is 0. The van der Waals surface area contributed by atoms with Crippen molar-refractivity contribution in [2.75, 3.05) is 20.6 Å². The van der Waals surface area contributed by atoms with Gasteiger partial charge >= 0.3 is 5.97 Å². The molecule has 72 valence electrons. The van der Waals surface area contributed by atoms with Crippen molar-refractivity contribution < 1.29 is 19.5 Å². The molecule has 0 radical (unpaired) electrons. The Bertz CT molecular complexity index is 276. The van der Waals surface area contributed by atoms with Crippen molar-refractivity contribution in [1.82, 2.24) is 9.80 Å². The number of aliphatic carboxylic acids is 1. The maximum atomic E-state index is 11.3. The molecule has 0 saturated carbocycles. The van der Waals surface area contributed by atoms with Crippen LogP contribution in [-0.4, -0.2) is 59.4 Å². The second-order valence-electron chi connectivity index (χ2n) is 2.94. The molecule has 1 saturated heterocycles. The molecule has 1 atom stereocenters. The number of carboxylic acid groups (broad SMARTS) is 1. The molecule has 2 amide bonds. The van der Waals surface area contributed by atoms with E-state index in [9.17, 15) is 14.4 Å². The van der Waals surface area contributed by atoms with E-state index in [1.165, 1.54) is 14.1 Å². The molecular formula is C7H10N2O4. The third kappa shape index (κ3) is 1.47. The van der Waals surface area contributed by atoms with Crippen molar-refractivity contribution in [3.8, 4) is 0 Å². The highest BCUT2D eigenvalue weighted by Gasteiger charge is 2.40. The second-order valence-corrected chi connectivity index (χ2v) is 2.94. The van der Waals surface area contributed by atoms with Crippen LogP contribution in [0.25, 0.3) is 0 Å². The highest BCUT2D eigenvalue weighted by molar-refractivity contribution is 6.07. The lowest BCUT2D eigenvalue weighted by Crippen LogP contribution is -2.60. The molecule has 0 bridgehead atoms. The fraction of sp³-hybridized carbons (Fsp3) is 0.571. The highest BCUT2D eigenvalue weighted by atomic mass is 16.4. The fourth-order valence-electron chi connectivity index (χ4n) is 1.18. The average molecular weight is 186 g/mol. The zero-order valence-electron chi connectivity index (χ0n) is 7.35. The number of carbonyl (C=O) groups excluding carboxylic acids is 2. The van der Waals surface area contributed by atoms with Crippen LogP contribution in [0.5, 0.6) is 0 Å². The van der Waals surface area contributed by atoms with Crippen molar-refractivity contribution >= 4 is 17.8 Å². The molecule has 6 nitrogen and oxygen atoms in total. The van der Waals surface area contributed by atoms with Crippen LogP contribution in [0.1, 0.15) is 0 Å². The lowest BCUT2D eigenvalue weighted by atomic mass is 10.1. The van der Waals surface area contributed by atoms with Crippen molar-refractivity contribution in [3.05, 3.63) is 0 Å². The predicted octanol–water partition coefficient (Wildman–Crippen LogP) is -1.63. The van der Waals surface area contributed by atoms with Crippen LogP contribution in [-0.2, 0) is 14.4 Å². The molecule has 1 rings (SSSR count). The van der Waals surface area contributed by atoms with E-state index in [1.807, 2.05) is 0 Å². The van der Waals surface area contributed by atoms with Crippen LogP contribution in [0.3, 0.4) is 0 Å². The van der Waals surface area contributed by atoms with Crippen molar-refractivity contribution in [3.63, 3.8) is 0 Å². The molecule has 13 heavy (non-hydrogen) atoms. The molecule has 1 fully saturated rings. The summed E-state index contributed by atoms with van der Waals surface area (Å²) in [6.07, 6.45) is 0. The molecule has 0 aliphatic carbocycles. The Morgan fingerprint density at radius 2 is 2.00 bits per heavy atom. The van der Waals surface area contributed by atoms with E-state index >= 15 is 0 Å². The smallest absolute Gasteiger partial charge is 0.336 e. The van der Waals surface area contributed by atoms with Gasteiger partial charge < -0.3 is 14.9 Å². The van der Waals surface area contributed by atoms with Crippen LogP contribution in [0.2, 0.25) is 0 Å². The van der Waals surface area contributed by atoms with E-state index in [0.717, 1.165) is 9.80 Å². The van der Waals surface area contributed by atoms with Gasteiger partial charge in [0, 0.05) is 14.1 Å². The van der Waals surface area contributed by atoms with Gasteiger partial charge in [0.05, 0.1) is 6.54 Å². The highest BCUT2D eigenvalue weighted by Crippen LogP contribution is 2.08. The number of carbonyl (C=O) groups is 3. The van der Waals surface area contributed by atoms with Gasteiger partial charge in [-0.1, -0.05) is 0 Å². The number of nitrogens with zero attached hydrogens (tertiary/aromatic N) is 2. The minimum atomic E-state index is -1.37. The number of likely N-dealkylation sites (N-methyl/N-ethyl adjacent to an activating group) is 2. The zero-order chi connectivity index (χ0) is 10.2. The van der Waals surface area contributed by atoms with Gasteiger partial charge in [0.15, 0.2) is 0 Å². The van der Waals surface area contributed by atoms with Crippen LogP contribution in [0.4, 0.5) is 0 Å². The summed E-state index contributed by atoms with van der Waals surface area (Å²) in [6.45, 7) is -0.0564. The first kappa shape index (κ1) is 9.50. The number of amides is 2. The van der Waals surface area contributed by atoms with E-state index in [4.69, 9.17) is 5.11 Å². The van der Waals surface area contributed by atoms with Gasteiger partial charge in [0.1, 0.15) is 0 Å². The Morgan fingerprint density at radius 1 is 1.46 bits per heavy atom. The van der Waals surface area contributed by atoms with Crippen molar-refractivity contribution in [1.29, 1.82) is 0 Å². The van der Waals surface area contributed by atoms with E-state index in [-0.39, 0.29) is 12.5 Å². The van der Waals surface area contributed by atoms with Crippen molar-refractivity contribution in [2.45, 2.75) is 6.04 Å². The van der Waals surface area contributed by atoms with Crippen LogP contribution >= 0.6 is 0 Å². The number of hydrogen-bond acceptors (Lipinski definition) is 3. The van der Waals surface area contributed by atoms with E-state index in [2.05, 4.69) is 0 Å². The lowest BCUT2D eigenvalue weighted by Gasteiger charge is -2.33. The molecule has 1 unspecified atom stereocenters. The predicted molar refractivity (Wildman–Crippen MR) is 41.8 cm³/mol. The first-order valence-corrected chi connectivity index (χ1v) is 3.68. The normalized spacial score (nSPS) is 23.7. The zero-order valence-corrected chi connectivity index (χ0v) is 7.35. The summed E-state index contributed by atoms with van der Waals surface area (Å²) in [7, 11) is 2.72. The largest absolute Gasteiger partial charge is 0.479 e. The SMILES string of the molecule is CN1CC(=O)N(C)C(C(=O)O)C1=O. The Kier molecular flexibility index (Phi) is 2.22. The van der Waals surface area contributed by atoms with Crippen LogP contribution < -0.4 is 0 Å². The van der Waals surface area contributed by atoms with Gasteiger partial charge in [0.2, 0.25) is 11.9 Å². The Labute approximate surface area is 74.7 Å². The Hall–Kier alpha value is -1.59. The number of rotatable bonds is 1. The monoisotopic (exact) mass is 186 g/mol. The molecule has 1 heterocycles. The molecular weight excluding hydrogens is 176 g/mol. The topological polar surface area (TPSA) is 77.9 Å². The minimum Gasteiger partial charge on any atom is -0.479 e. The lowest BCUT2D eigenvalue weighted by molar-refractivity contribution is -0.163. The van der Waals surface area contributed by atoms with Gasteiger partial charge in [-0.3, -0.25) is 9.59 Å². The number of carboxylic acids is 1. The first-order valence-electron chi connectivity index (χ1n) is 3.68. The molecule has 0 aromatic rings. The Balaban J connectivity index is 2.95. The fourth-order valence-corrected chi connectivity index (χ4v) is 1.18. The third-order valence-corrected chi connectivity index (χ3v) is 2.00. The quantitative estimate of drug-likeness (QED) is 0.499. The second kappa shape index (κ2) is 3.04. The average Bonchev–Trinajstić information content (AvgIpc) is 2.01. The van der Waals surface area contributed by atoms with E-state index in [0.29, 0.717) is 0 Å². The summed E-state index contributed by atoms with van der Waals surface area (Å²) in [4.78, 5) is 35.1. The minimum absolute atomic E-state index is 0.0564. The molecule has 0 spiro atoms. The molecule has 1 N–H and O–H groups in total. The summed E-state index contributed by atoms with van der Waals surface area (Å²) in [5, 5.41) is 8.67. The molecule has 1 aliphatic heterocycles. The van der Waals surface area contributed by atoms with Crippen molar-refractivity contribution in [2.24, 2.45) is 0 Å². The summed E-state index contributed by atoms with van der Waals surface area (Å²) >= 11 is 0. The van der Waals surface area contributed by atoms with Gasteiger partial charge in [-0.15, -0.1) is 0 Å². The van der Waals surface area contributed by atoms with Gasteiger partial charge in [-0.25, -0.2) is 4.79 Å². The van der Waals surface area contributed by atoms with Gasteiger partial charge in [-0.05, 0) is 0 Å². The van der Waals surface area contributed by atoms with E-state index < -0.39 is 17.9 Å². The van der Waals surface area contributed by atoms with Gasteiger partial charge in [-0.2, -0.15) is 0 Å². The molecule has 1 aliphatic rings. The maximum Gasteiger partial charge on any atom is 0.336 e. The third-order valence-electron chi connectivity index (χ3n) is 2.00. The van der Waals surface area contributed by atoms with Gasteiger partial charge in [0.25, 0.3) is 5.91 Å². The molecule has 0 aromatic carbocycles. The summed E-state index contributed by atoms with van der Waals surface area (Å²) < 4.78 is 0. The van der Waals surface area contributed by atoms with Crippen LogP contribution in [0.15, 0.2) is 0 Å². The van der Waals surface area contributed by atoms with E-state index in [1.54, 1.807) is 0 Å². The maximum absolute atomic E-state index is 11.3.